The summed E-state index contributed by atoms with van der Waals surface area (Å²) in [5.74, 6) is -1.85. The van der Waals surface area contributed by atoms with Crippen molar-refractivity contribution in [1.29, 1.82) is 0 Å². The molecule has 9 nitrogen and oxygen atoms in total. The van der Waals surface area contributed by atoms with E-state index in [1.165, 1.54) is 0 Å². The highest BCUT2D eigenvalue weighted by molar-refractivity contribution is 7.90. The van der Waals surface area contributed by atoms with Crippen LogP contribution in [0.25, 0.3) is 0 Å². The lowest BCUT2D eigenvalue weighted by Gasteiger charge is -2.16. The Balaban J connectivity index is 2.46. The quantitative estimate of drug-likeness (QED) is 0.450. The SMILES string of the molecule is CS(=O)(=O)CCC(NC(=O)NC1CNC(=O)C1)C(=O)O. The van der Waals surface area contributed by atoms with Crippen LogP contribution >= 0.6 is 0 Å². The van der Waals surface area contributed by atoms with Crippen molar-refractivity contribution in [2.45, 2.75) is 24.9 Å². The van der Waals surface area contributed by atoms with Crippen molar-refractivity contribution in [3.8, 4) is 0 Å². The Morgan fingerprint density at radius 3 is 2.60 bits per heavy atom. The van der Waals surface area contributed by atoms with Gasteiger partial charge in [0.1, 0.15) is 15.9 Å². The summed E-state index contributed by atoms with van der Waals surface area (Å²) in [5, 5.41) is 16.1. The Labute approximate surface area is 116 Å². The van der Waals surface area contributed by atoms with E-state index in [1.54, 1.807) is 0 Å². The second-order valence-electron chi connectivity index (χ2n) is 4.63. The van der Waals surface area contributed by atoms with Crippen molar-refractivity contribution in [3.63, 3.8) is 0 Å². The van der Waals surface area contributed by atoms with Gasteiger partial charge in [-0.25, -0.2) is 18.0 Å². The van der Waals surface area contributed by atoms with E-state index in [4.69, 9.17) is 5.11 Å². The monoisotopic (exact) mass is 307 g/mol. The summed E-state index contributed by atoms with van der Waals surface area (Å²) in [6.45, 7) is 0.285. The highest BCUT2D eigenvalue weighted by atomic mass is 32.2. The highest BCUT2D eigenvalue weighted by Gasteiger charge is 2.26. The average molecular weight is 307 g/mol. The fraction of sp³-hybridized carbons (Fsp3) is 0.700. The molecule has 10 heteroatoms. The van der Waals surface area contributed by atoms with E-state index in [0.717, 1.165) is 6.26 Å². The molecule has 0 radical (unpaired) electrons. The average Bonchev–Trinajstić information content (AvgIpc) is 2.68. The van der Waals surface area contributed by atoms with Gasteiger partial charge in [-0.1, -0.05) is 0 Å². The third-order valence-corrected chi connectivity index (χ3v) is 3.67. The normalized spacial score (nSPS) is 20.1. The largest absolute Gasteiger partial charge is 0.480 e. The minimum Gasteiger partial charge on any atom is -0.480 e. The molecule has 2 atom stereocenters. The molecule has 0 aliphatic carbocycles. The molecule has 0 aromatic carbocycles. The lowest BCUT2D eigenvalue weighted by Crippen LogP contribution is -2.50. The molecule has 1 fully saturated rings. The van der Waals surface area contributed by atoms with Crippen LogP contribution < -0.4 is 16.0 Å². The van der Waals surface area contributed by atoms with Gasteiger partial charge in [-0.2, -0.15) is 0 Å². The van der Waals surface area contributed by atoms with Crippen LogP contribution in [0.2, 0.25) is 0 Å². The van der Waals surface area contributed by atoms with Crippen molar-refractivity contribution in [2.75, 3.05) is 18.6 Å². The number of urea groups is 1. The molecule has 1 aliphatic rings. The summed E-state index contributed by atoms with van der Waals surface area (Å²) in [5.41, 5.74) is 0. The van der Waals surface area contributed by atoms with Crippen LogP contribution in [0.15, 0.2) is 0 Å². The van der Waals surface area contributed by atoms with Crippen LogP contribution in [-0.4, -0.2) is 62.1 Å². The first-order valence-electron chi connectivity index (χ1n) is 5.91. The minimum absolute atomic E-state index is 0.133. The van der Waals surface area contributed by atoms with Crippen molar-refractivity contribution >= 4 is 27.7 Å². The molecule has 0 aromatic heterocycles. The third-order valence-electron chi connectivity index (χ3n) is 2.69. The predicted molar refractivity (Wildman–Crippen MR) is 68.8 cm³/mol. The highest BCUT2D eigenvalue weighted by Crippen LogP contribution is 2.00. The predicted octanol–water partition coefficient (Wildman–Crippen LogP) is -1.94. The number of hydrogen-bond acceptors (Lipinski definition) is 5. The van der Waals surface area contributed by atoms with Gasteiger partial charge in [-0.3, -0.25) is 4.79 Å². The molecule has 20 heavy (non-hydrogen) atoms. The molecule has 114 valence electrons. The summed E-state index contributed by atoms with van der Waals surface area (Å²) in [7, 11) is -3.31. The number of nitrogens with one attached hydrogen (secondary N) is 3. The second-order valence-corrected chi connectivity index (χ2v) is 6.89. The maximum absolute atomic E-state index is 11.6. The van der Waals surface area contributed by atoms with Gasteiger partial charge in [-0.05, 0) is 6.42 Å². The molecular formula is C10H17N3O6S. The fourth-order valence-electron chi connectivity index (χ4n) is 1.68. The summed E-state index contributed by atoms with van der Waals surface area (Å²) >= 11 is 0. The van der Waals surface area contributed by atoms with Gasteiger partial charge in [0.2, 0.25) is 5.91 Å². The van der Waals surface area contributed by atoms with Gasteiger partial charge < -0.3 is 21.1 Å². The van der Waals surface area contributed by atoms with Gasteiger partial charge >= 0.3 is 12.0 Å². The zero-order valence-corrected chi connectivity index (χ0v) is 11.7. The van der Waals surface area contributed by atoms with Crippen LogP contribution in [0, 0.1) is 0 Å². The zero-order valence-electron chi connectivity index (χ0n) is 10.9. The molecule has 1 saturated heterocycles. The minimum atomic E-state index is -3.31. The number of amides is 3. The summed E-state index contributed by atoms with van der Waals surface area (Å²) in [4.78, 5) is 33.4. The number of sulfone groups is 1. The second kappa shape index (κ2) is 6.55. The van der Waals surface area contributed by atoms with Gasteiger partial charge in [0.15, 0.2) is 0 Å². The third kappa shape index (κ3) is 5.87. The van der Waals surface area contributed by atoms with E-state index in [-0.39, 0.29) is 31.0 Å². The van der Waals surface area contributed by atoms with Gasteiger partial charge in [0.25, 0.3) is 0 Å². The summed E-state index contributed by atoms with van der Waals surface area (Å²) in [6.07, 6.45) is 0.903. The number of carbonyl (C=O) groups excluding carboxylic acids is 2. The Bertz CT molecular complexity index is 503. The number of carboxylic acid groups (broad SMARTS) is 1. The maximum Gasteiger partial charge on any atom is 0.326 e. The first-order chi connectivity index (χ1) is 9.17. The van der Waals surface area contributed by atoms with Crippen molar-refractivity contribution in [2.24, 2.45) is 0 Å². The summed E-state index contributed by atoms with van der Waals surface area (Å²) in [6, 6.07) is -2.44. The first-order valence-corrected chi connectivity index (χ1v) is 7.97. The number of aliphatic carboxylic acids is 1. The molecule has 0 saturated carbocycles. The molecular weight excluding hydrogens is 290 g/mol. The Morgan fingerprint density at radius 1 is 1.50 bits per heavy atom. The van der Waals surface area contributed by atoms with E-state index in [0.29, 0.717) is 0 Å². The first kappa shape index (κ1) is 16.2. The molecule has 4 N–H and O–H groups in total. The zero-order chi connectivity index (χ0) is 15.3. The lowest BCUT2D eigenvalue weighted by molar-refractivity contribution is -0.139. The molecule has 0 bridgehead atoms. The van der Waals surface area contributed by atoms with Crippen LogP contribution in [0.3, 0.4) is 0 Å². The van der Waals surface area contributed by atoms with Gasteiger partial charge in [-0.15, -0.1) is 0 Å². The Kier molecular flexibility index (Phi) is 5.31. The van der Waals surface area contributed by atoms with Crippen LogP contribution in [0.1, 0.15) is 12.8 Å². The molecule has 0 spiro atoms. The number of hydrogen-bond donors (Lipinski definition) is 4. The Hall–Kier alpha value is -1.84. The van der Waals surface area contributed by atoms with E-state index in [9.17, 15) is 22.8 Å². The summed E-state index contributed by atoms with van der Waals surface area (Å²) < 4.78 is 22.0. The molecule has 3 amide bonds. The molecule has 0 aromatic rings. The van der Waals surface area contributed by atoms with Crippen LogP contribution in [0.5, 0.6) is 0 Å². The standard InChI is InChI=1S/C10H17N3O6S/c1-20(18,19)3-2-7(9(15)16)13-10(17)12-6-4-8(14)11-5-6/h6-7H,2-5H2,1H3,(H,11,14)(H,15,16)(H2,12,13,17). The fourth-order valence-corrected chi connectivity index (χ4v) is 2.35. The molecule has 1 heterocycles. The van der Waals surface area contributed by atoms with Gasteiger partial charge in [0, 0.05) is 19.2 Å². The topological polar surface area (TPSA) is 142 Å². The number of carboxylic acids is 1. The van der Waals surface area contributed by atoms with Crippen LogP contribution in [-0.2, 0) is 19.4 Å². The van der Waals surface area contributed by atoms with Gasteiger partial charge in [0.05, 0.1) is 11.8 Å². The molecule has 2 unspecified atom stereocenters. The van der Waals surface area contributed by atoms with E-state index in [1.807, 2.05) is 0 Å². The van der Waals surface area contributed by atoms with Crippen LogP contribution in [0.4, 0.5) is 4.79 Å². The van der Waals surface area contributed by atoms with Crippen molar-refractivity contribution in [3.05, 3.63) is 0 Å². The van der Waals surface area contributed by atoms with E-state index < -0.39 is 33.9 Å². The van der Waals surface area contributed by atoms with E-state index >= 15 is 0 Å². The Morgan fingerprint density at radius 2 is 2.15 bits per heavy atom. The molecule has 1 aliphatic heterocycles. The number of carbonyl (C=O) groups is 3. The maximum atomic E-state index is 11.6. The smallest absolute Gasteiger partial charge is 0.326 e. The van der Waals surface area contributed by atoms with E-state index in [2.05, 4.69) is 16.0 Å². The lowest BCUT2D eigenvalue weighted by atomic mass is 10.2. The number of rotatable bonds is 6. The van der Waals surface area contributed by atoms with Crippen molar-refractivity contribution < 1.29 is 27.9 Å². The van der Waals surface area contributed by atoms with Crippen molar-refractivity contribution in [1.82, 2.24) is 16.0 Å². The molecule has 1 rings (SSSR count).